The lowest BCUT2D eigenvalue weighted by molar-refractivity contribution is -0.118. The highest BCUT2D eigenvalue weighted by Crippen LogP contribution is 2.29. The van der Waals surface area contributed by atoms with Gasteiger partial charge in [0.25, 0.3) is 5.91 Å². The van der Waals surface area contributed by atoms with E-state index < -0.39 is 17.9 Å². The van der Waals surface area contributed by atoms with Crippen molar-refractivity contribution < 1.29 is 18.8 Å². The van der Waals surface area contributed by atoms with Crippen molar-refractivity contribution in [3.63, 3.8) is 0 Å². The molecule has 3 aromatic carbocycles. The Hall–Kier alpha value is -4.90. The molecule has 4 amide bonds. The first kappa shape index (κ1) is 32.5. The Bertz CT molecular complexity index is 1690. The topological polar surface area (TPSA) is 104 Å². The largest absolute Gasteiger partial charge is 0.368 e. The number of nitrogens with zero attached hydrogens (tertiary/aromatic N) is 4. The van der Waals surface area contributed by atoms with Gasteiger partial charge in [0.2, 0.25) is 5.91 Å². The van der Waals surface area contributed by atoms with E-state index in [9.17, 15) is 18.8 Å². The lowest BCUT2D eigenvalue weighted by atomic mass is 9.92. The molecule has 10 nitrogen and oxygen atoms in total. The van der Waals surface area contributed by atoms with Crippen LogP contribution in [-0.4, -0.2) is 97.9 Å². The summed E-state index contributed by atoms with van der Waals surface area (Å²) in [5.41, 5.74) is 4.40. The Morgan fingerprint density at radius 2 is 1.63 bits per heavy atom. The van der Waals surface area contributed by atoms with Crippen LogP contribution in [0.2, 0.25) is 0 Å². The molecule has 1 aliphatic rings. The number of aromatic nitrogens is 1. The lowest BCUT2D eigenvalue weighted by Gasteiger charge is -2.37. The van der Waals surface area contributed by atoms with Crippen molar-refractivity contribution in [1.29, 1.82) is 0 Å². The Balaban J connectivity index is 1.41. The van der Waals surface area contributed by atoms with Crippen molar-refractivity contribution in [2.75, 3.05) is 64.6 Å². The number of nitrogens with one attached hydrogen (secondary N) is 3. The zero-order chi connectivity index (χ0) is 33.0. The monoisotopic (exact) mass is 627 g/mol. The minimum atomic E-state index is -0.957. The van der Waals surface area contributed by atoms with E-state index in [-0.39, 0.29) is 17.8 Å². The van der Waals surface area contributed by atoms with Crippen molar-refractivity contribution in [1.82, 2.24) is 25.0 Å². The standard InChI is InChI=1S/C35H42FN7O3/c1-23(29-21-37-30-9-7-6-8-27(29)30)32(39-35(46)43-18-16-42(17-19-43)26-13-11-25(36)12-14-26)33(44)38-31-20-24(22-40(2)3)10-15-28(31)34(45)41(4)5/h6-15,20-21,23,32,37H,16-19,22H2,1-5H3,(H,38,44)(H,39,46). The van der Waals surface area contributed by atoms with Crippen LogP contribution in [0.3, 0.4) is 0 Å². The lowest BCUT2D eigenvalue weighted by Crippen LogP contribution is -2.56. The van der Waals surface area contributed by atoms with Gasteiger partial charge in [-0.3, -0.25) is 9.59 Å². The quantitative estimate of drug-likeness (QED) is 0.249. The zero-order valence-corrected chi connectivity index (χ0v) is 27.0. The predicted octanol–water partition coefficient (Wildman–Crippen LogP) is 4.71. The number of urea groups is 1. The van der Waals surface area contributed by atoms with Crippen LogP contribution in [0.1, 0.15) is 34.3 Å². The van der Waals surface area contributed by atoms with Gasteiger partial charge in [-0.25, -0.2) is 9.18 Å². The minimum absolute atomic E-state index is 0.240. The number of aromatic amines is 1. The van der Waals surface area contributed by atoms with Gasteiger partial charge in [0.1, 0.15) is 11.9 Å². The molecule has 0 radical (unpaired) electrons. The van der Waals surface area contributed by atoms with E-state index in [0.29, 0.717) is 44.0 Å². The Kier molecular flexibility index (Phi) is 9.91. The van der Waals surface area contributed by atoms with E-state index in [1.54, 1.807) is 37.2 Å². The number of fused-ring (bicyclic) bond motifs is 1. The maximum atomic E-state index is 14.2. The summed E-state index contributed by atoms with van der Waals surface area (Å²) in [6.07, 6.45) is 1.88. The van der Waals surface area contributed by atoms with Crippen LogP contribution < -0.4 is 15.5 Å². The summed E-state index contributed by atoms with van der Waals surface area (Å²) in [5, 5.41) is 7.00. The zero-order valence-electron chi connectivity index (χ0n) is 27.0. The van der Waals surface area contributed by atoms with E-state index >= 15 is 0 Å². The Labute approximate surface area is 269 Å². The second kappa shape index (κ2) is 14.0. The van der Waals surface area contributed by atoms with E-state index in [2.05, 4.69) is 20.5 Å². The highest BCUT2D eigenvalue weighted by Gasteiger charge is 2.33. The number of halogens is 1. The molecule has 5 rings (SSSR count). The summed E-state index contributed by atoms with van der Waals surface area (Å²) >= 11 is 0. The van der Waals surface area contributed by atoms with Gasteiger partial charge in [-0.2, -0.15) is 0 Å². The van der Waals surface area contributed by atoms with Gasteiger partial charge < -0.3 is 35.2 Å². The molecule has 2 unspecified atom stereocenters. The molecule has 1 fully saturated rings. The van der Waals surface area contributed by atoms with E-state index in [1.807, 2.05) is 68.5 Å². The number of hydrogen-bond acceptors (Lipinski definition) is 5. The number of para-hydroxylation sites is 1. The highest BCUT2D eigenvalue weighted by molar-refractivity contribution is 6.06. The van der Waals surface area contributed by atoms with Crippen LogP contribution >= 0.6 is 0 Å². The van der Waals surface area contributed by atoms with Gasteiger partial charge >= 0.3 is 6.03 Å². The average Bonchev–Trinajstić information content (AvgIpc) is 3.47. The maximum absolute atomic E-state index is 14.2. The van der Waals surface area contributed by atoms with Crippen LogP contribution in [0.5, 0.6) is 0 Å². The number of H-pyrrole nitrogens is 1. The van der Waals surface area contributed by atoms with Gasteiger partial charge in [-0.05, 0) is 67.7 Å². The van der Waals surface area contributed by atoms with Gasteiger partial charge in [0.05, 0.1) is 11.3 Å². The van der Waals surface area contributed by atoms with E-state index in [0.717, 1.165) is 27.7 Å². The highest BCUT2D eigenvalue weighted by atomic mass is 19.1. The third-order valence-corrected chi connectivity index (χ3v) is 8.41. The second-order valence-corrected chi connectivity index (χ2v) is 12.3. The fourth-order valence-electron chi connectivity index (χ4n) is 5.91. The van der Waals surface area contributed by atoms with Crippen molar-refractivity contribution in [3.8, 4) is 0 Å². The molecule has 0 aliphatic carbocycles. The molecule has 4 aromatic rings. The molecule has 0 bridgehead atoms. The molecular weight excluding hydrogens is 585 g/mol. The number of piperazine rings is 1. The summed E-state index contributed by atoms with van der Waals surface area (Å²) in [5.74, 6) is -1.38. The van der Waals surface area contributed by atoms with Crippen molar-refractivity contribution >= 4 is 40.1 Å². The third-order valence-electron chi connectivity index (χ3n) is 8.41. The SMILES string of the molecule is CC(c1c[nH]c2ccccc12)C(NC(=O)N1CCN(c2ccc(F)cc2)CC1)C(=O)Nc1cc(CN(C)C)ccc1C(=O)N(C)C. The van der Waals surface area contributed by atoms with Crippen LogP contribution in [0.15, 0.2) is 72.9 Å². The van der Waals surface area contributed by atoms with Crippen molar-refractivity contribution in [2.24, 2.45) is 0 Å². The molecule has 1 saturated heterocycles. The first-order valence-corrected chi connectivity index (χ1v) is 15.4. The summed E-state index contributed by atoms with van der Waals surface area (Å²) < 4.78 is 13.4. The minimum Gasteiger partial charge on any atom is -0.368 e. The van der Waals surface area contributed by atoms with Gasteiger partial charge in [0, 0.05) is 75.5 Å². The fourth-order valence-corrected chi connectivity index (χ4v) is 5.91. The third kappa shape index (κ3) is 7.31. The number of benzene rings is 3. The Morgan fingerprint density at radius 1 is 0.935 bits per heavy atom. The molecule has 1 aliphatic heterocycles. The number of amides is 4. The van der Waals surface area contributed by atoms with Gasteiger partial charge in [0.15, 0.2) is 0 Å². The molecule has 3 N–H and O–H groups in total. The number of carbonyl (C=O) groups excluding carboxylic acids is 3. The maximum Gasteiger partial charge on any atom is 0.318 e. The molecule has 2 atom stereocenters. The molecule has 0 spiro atoms. The summed E-state index contributed by atoms with van der Waals surface area (Å²) in [6.45, 7) is 4.56. The fraction of sp³-hybridized carbons (Fsp3) is 0.343. The normalized spacial score (nSPS) is 14.7. The van der Waals surface area contributed by atoms with Gasteiger partial charge in [-0.1, -0.05) is 31.2 Å². The first-order valence-electron chi connectivity index (χ1n) is 15.4. The number of hydrogen-bond donors (Lipinski definition) is 3. The van der Waals surface area contributed by atoms with Crippen molar-refractivity contribution in [3.05, 3.63) is 95.4 Å². The van der Waals surface area contributed by atoms with Gasteiger partial charge in [-0.15, -0.1) is 0 Å². The number of carbonyl (C=O) groups is 3. The molecule has 11 heteroatoms. The average molecular weight is 628 g/mol. The van der Waals surface area contributed by atoms with Crippen LogP contribution in [-0.2, 0) is 11.3 Å². The Morgan fingerprint density at radius 3 is 2.30 bits per heavy atom. The van der Waals surface area contributed by atoms with Crippen LogP contribution in [0.4, 0.5) is 20.6 Å². The summed E-state index contributed by atoms with van der Waals surface area (Å²) in [6, 6.07) is 18.3. The molecule has 2 heterocycles. The predicted molar refractivity (Wildman–Crippen MR) is 180 cm³/mol. The molecular formula is C35H42FN7O3. The number of rotatable bonds is 9. The van der Waals surface area contributed by atoms with Crippen LogP contribution in [0.25, 0.3) is 10.9 Å². The smallest absolute Gasteiger partial charge is 0.318 e. The number of anilines is 2. The second-order valence-electron chi connectivity index (χ2n) is 12.3. The first-order chi connectivity index (χ1) is 22.0. The summed E-state index contributed by atoms with van der Waals surface area (Å²) in [7, 11) is 7.23. The molecule has 46 heavy (non-hydrogen) atoms. The van der Waals surface area contributed by atoms with Crippen LogP contribution in [0, 0.1) is 5.82 Å². The van der Waals surface area contributed by atoms with Crippen molar-refractivity contribution in [2.45, 2.75) is 25.4 Å². The molecule has 1 aromatic heterocycles. The summed E-state index contributed by atoms with van der Waals surface area (Å²) in [4.78, 5) is 51.6. The van der Waals surface area contributed by atoms with E-state index in [4.69, 9.17) is 0 Å². The molecule has 0 saturated carbocycles. The van der Waals surface area contributed by atoms with E-state index in [1.165, 1.54) is 17.0 Å². The molecule has 242 valence electrons.